The van der Waals surface area contributed by atoms with E-state index in [9.17, 15) is 4.79 Å². The van der Waals surface area contributed by atoms with Crippen LogP contribution in [0.2, 0.25) is 0 Å². The van der Waals surface area contributed by atoms with Crippen LogP contribution in [0.5, 0.6) is 0 Å². The first-order valence-electron chi connectivity index (χ1n) is 6.80. The lowest BCUT2D eigenvalue weighted by molar-refractivity contribution is 0.0683. The predicted octanol–water partition coefficient (Wildman–Crippen LogP) is 3.01. The van der Waals surface area contributed by atoms with Crippen molar-refractivity contribution in [2.75, 3.05) is 13.1 Å². The van der Waals surface area contributed by atoms with Gasteiger partial charge in [-0.1, -0.05) is 6.92 Å². The fourth-order valence-corrected chi connectivity index (χ4v) is 2.73. The topological polar surface area (TPSA) is 46.3 Å². The molecule has 19 heavy (non-hydrogen) atoms. The Balaban J connectivity index is 1.88. The van der Waals surface area contributed by atoms with Crippen molar-refractivity contribution in [2.24, 2.45) is 5.92 Å². The second-order valence-corrected chi connectivity index (χ2v) is 5.41. The van der Waals surface area contributed by atoms with Crippen molar-refractivity contribution in [3.8, 4) is 0 Å². The van der Waals surface area contributed by atoms with Crippen molar-refractivity contribution in [3.63, 3.8) is 0 Å². The standard InChI is InChI=1S/C15H18N2O2/c1-10-4-3-7-17(9-10)15(18)12-5-6-14-13(8-12)16-11(2)19-14/h5-6,8,10H,3-4,7,9H2,1-2H3. The third kappa shape index (κ3) is 2.35. The smallest absolute Gasteiger partial charge is 0.253 e. The van der Waals surface area contributed by atoms with E-state index in [0.29, 0.717) is 17.4 Å². The lowest BCUT2D eigenvalue weighted by atomic mass is 9.99. The van der Waals surface area contributed by atoms with E-state index in [1.807, 2.05) is 30.0 Å². The van der Waals surface area contributed by atoms with Crippen LogP contribution in [0.1, 0.15) is 36.0 Å². The summed E-state index contributed by atoms with van der Waals surface area (Å²) in [7, 11) is 0. The molecule has 0 saturated carbocycles. The first kappa shape index (κ1) is 12.2. The maximum atomic E-state index is 12.5. The molecule has 0 spiro atoms. The number of nitrogens with zero attached hydrogens (tertiary/aromatic N) is 2. The molecule has 4 heteroatoms. The van der Waals surface area contributed by atoms with Crippen molar-refractivity contribution in [1.82, 2.24) is 9.88 Å². The van der Waals surface area contributed by atoms with E-state index in [2.05, 4.69) is 11.9 Å². The first-order chi connectivity index (χ1) is 9.13. The van der Waals surface area contributed by atoms with Gasteiger partial charge in [0, 0.05) is 25.6 Å². The number of benzene rings is 1. The average Bonchev–Trinajstić information content (AvgIpc) is 2.76. The Morgan fingerprint density at radius 1 is 1.47 bits per heavy atom. The van der Waals surface area contributed by atoms with Crippen molar-refractivity contribution in [2.45, 2.75) is 26.7 Å². The number of likely N-dealkylation sites (tertiary alicyclic amines) is 1. The SMILES string of the molecule is Cc1nc2cc(C(=O)N3CCCC(C)C3)ccc2o1. The van der Waals surface area contributed by atoms with Crippen molar-refractivity contribution < 1.29 is 9.21 Å². The molecule has 0 N–H and O–H groups in total. The molecule has 3 rings (SSSR count). The molecule has 1 atom stereocenters. The number of carbonyl (C=O) groups excluding carboxylic acids is 1. The molecular weight excluding hydrogens is 240 g/mol. The van der Waals surface area contributed by atoms with Crippen molar-refractivity contribution in [1.29, 1.82) is 0 Å². The summed E-state index contributed by atoms with van der Waals surface area (Å²) in [5.41, 5.74) is 2.20. The van der Waals surface area contributed by atoms with Gasteiger partial charge in [0.2, 0.25) is 0 Å². The molecule has 1 aliphatic heterocycles. The summed E-state index contributed by atoms with van der Waals surface area (Å²) in [6.07, 6.45) is 2.31. The van der Waals surface area contributed by atoms with Gasteiger partial charge in [0.25, 0.3) is 5.91 Å². The number of carbonyl (C=O) groups is 1. The van der Waals surface area contributed by atoms with E-state index in [0.717, 1.165) is 30.6 Å². The minimum Gasteiger partial charge on any atom is -0.441 e. The number of hydrogen-bond acceptors (Lipinski definition) is 3. The number of piperidine rings is 1. The molecule has 2 heterocycles. The molecule has 1 aromatic carbocycles. The lowest BCUT2D eigenvalue weighted by Crippen LogP contribution is -2.39. The summed E-state index contributed by atoms with van der Waals surface area (Å²) in [6.45, 7) is 5.73. The minimum absolute atomic E-state index is 0.106. The third-order valence-electron chi connectivity index (χ3n) is 3.69. The molecule has 4 nitrogen and oxygen atoms in total. The van der Waals surface area contributed by atoms with Gasteiger partial charge in [0.15, 0.2) is 11.5 Å². The van der Waals surface area contributed by atoms with E-state index in [1.165, 1.54) is 6.42 Å². The molecule has 1 saturated heterocycles. The van der Waals surface area contributed by atoms with Crippen LogP contribution < -0.4 is 0 Å². The summed E-state index contributed by atoms with van der Waals surface area (Å²) in [5.74, 6) is 1.33. The average molecular weight is 258 g/mol. The molecule has 1 fully saturated rings. The first-order valence-corrected chi connectivity index (χ1v) is 6.80. The van der Waals surface area contributed by atoms with Gasteiger partial charge in [0.05, 0.1) is 0 Å². The second kappa shape index (κ2) is 4.68. The minimum atomic E-state index is 0.106. The highest BCUT2D eigenvalue weighted by Gasteiger charge is 2.22. The molecule has 0 radical (unpaired) electrons. The number of aryl methyl sites for hydroxylation is 1. The summed E-state index contributed by atoms with van der Waals surface area (Å²) >= 11 is 0. The molecule has 2 aromatic rings. The van der Waals surface area contributed by atoms with Crippen molar-refractivity contribution in [3.05, 3.63) is 29.7 Å². The van der Waals surface area contributed by atoms with Gasteiger partial charge in [-0.05, 0) is 37.0 Å². The van der Waals surface area contributed by atoms with E-state index in [-0.39, 0.29) is 5.91 Å². The Kier molecular flexibility index (Phi) is 3.01. The molecule has 1 aliphatic rings. The zero-order chi connectivity index (χ0) is 13.4. The summed E-state index contributed by atoms with van der Waals surface area (Å²) in [4.78, 5) is 18.7. The van der Waals surface area contributed by atoms with Crippen LogP contribution in [-0.2, 0) is 0 Å². The highest BCUT2D eigenvalue weighted by molar-refractivity contribution is 5.97. The van der Waals surface area contributed by atoms with Gasteiger partial charge in [-0.3, -0.25) is 4.79 Å². The normalized spacial score (nSPS) is 19.9. The van der Waals surface area contributed by atoms with Crippen LogP contribution in [-0.4, -0.2) is 28.9 Å². The van der Waals surface area contributed by atoms with Gasteiger partial charge in [-0.25, -0.2) is 4.98 Å². The Hall–Kier alpha value is -1.84. The Labute approximate surface area is 112 Å². The number of oxazole rings is 1. The largest absolute Gasteiger partial charge is 0.441 e. The van der Waals surface area contributed by atoms with Gasteiger partial charge in [-0.2, -0.15) is 0 Å². The number of rotatable bonds is 1. The van der Waals surface area contributed by atoms with Crippen LogP contribution in [0, 0.1) is 12.8 Å². The number of amides is 1. The van der Waals surface area contributed by atoms with E-state index < -0.39 is 0 Å². The summed E-state index contributed by atoms with van der Waals surface area (Å²) < 4.78 is 5.43. The number of hydrogen-bond donors (Lipinski definition) is 0. The molecular formula is C15H18N2O2. The molecule has 0 bridgehead atoms. The molecule has 1 aromatic heterocycles. The third-order valence-corrected chi connectivity index (χ3v) is 3.69. The fraction of sp³-hybridized carbons (Fsp3) is 0.467. The molecule has 0 aliphatic carbocycles. The zero-order valence-corrected chi connectivity index (χ0v) is 11.3. The van der Waals surface area contributed by atoms with Gasteiger partial charge in [-0.15, -0.1) is 0 Å². The summed E-state index contributed by atoms with van der Waals surface area (Å²) in [6, 6.07) is 5.48. The van der Waals surface area contributed by atoms with Gasteiger partial charge >= 0.3 is 0 Å². The van der Waals surface area contributed by atoms with Crippen LogP contribution in [0.25, 0.3) is 11.1 Å². The van der Waals surface area contributed by atoms with Crippen molar-refractivity contribution >= 4 is 17.0 Å². The van der Waals surface area contributed by atoms with E-state index >= 15 is 0 Å². The Morgan fingerprint density at radius 3 is 3.11 bits per heavy atom. The lowest BCUT2D eigenvalue weighted by Gasteiger charge is -2.31. The predicted molar refractivity (Wildman–Crippen MR) is 73.0 cm³/mol. The van der Waals surface area contributed by atoms with Gasteiger partial charge in [0.1, 0.15) is 5.52 Å². The number of fused-ring (bicyclic) bond motifs is 1. The monoisotopic (exact) mass is 258 g/mol. The molecule has 1 unspecified atom stereocenters. The van der Waals surface area contributed by atoms with E-state index in [4.69, 9.17) is 4.42 Å². The summed E-state index contributed by atoms with van der Waals surface area (Å²) in [5, 5.41) is 0. The molecule has 1 amide bonds. The van der Waals surface area contributed by atoms with Crippen LogP contribution in [0.4, 0.5) is 0 Å². The number of aromatic nitrogens is 1. The fourth-order valence-electron chi connectivity index (χ4n) is 2.73. The molecule has 100 valence electrons. The quantitative estimate of drug-likeness (QED) is 0.790. The highest BCUT2D eigenvalue weighted by atomic mass is 16.3. The van der Waals surface area contributed by atoms with Crippen LogP contribution in [0.15, 0.2) is 22.6 Å². The Bertz CT molecular complexity index is 618. The maximum Gasteiger partial charge on any atom is 0.253 e. The highest BCUT2D eigenvalue weighted by Crippen LogP contribution is 2.21. The van der Waals surface area contributed by atoms with Crippen LogP contribution in [0.3, 0.4) is 0 Å². The zero-order valence-electron chi connectivity index (χ0n) is 11.3. The van der Waals surface area contributed by atoms with Crippen LogP contribution >= 0.6 is 0 Å². The van der Waals surface area contributed by atoms with Gasteiger partial charge < -0.3 is 9.32 Å². The van der Waals surface area contributed by atoms with E-state index in [1.54, 1.807) is 0 Å². The maximum absolute atomic E-state index is 12.5. The second-order valence-electron chi connectivity index (χ2n) is 5.41. The Morgan fingerprint density at radius 2 is 2.32 bits per heavy atom.